The van der Waals surface area contributed by atoms with Crippen LogP contribution in [0.3, 0.4) is 0 Å². The van der Waals surface area contributed by atoms with Crippen LogP contribution in [0.5, 0.6) is 5.75 Å². The fourth-order valence-corrected chi connectivity index (χ4v) is 4.26. The molecule has 0 radical (unpaired) electrons. The molecule has 0 aromatic heterocycles. The second-order valence-corrected chi connectivity index (χ2v) is 8.84. The number of likely N-dealkylation sites (tertiary alicyclic amines) is 1. The maximum Gasteiger partial charge on any atom is 0.169 e. The number of aromatic hydroxyl groups is 1. The van der Waals surface area contributed by atoms with E-state index in [-0.39, 0.29) is 22.9 Å². The molecule has 152 valence electrons. The molecule has 0 bridgehead atoms. The minimum absolute atomic E-state index is 0.0432. The van der Waals surface area contributed by atoms with Crippen molar-refractivity contribution in [2.45, 2.75) is 78.6 Å². The summed E-state index contributed by atoms with van der Waals surface area (Å²) in [6, 6.07) is 5.76. The summed E-state index contributed by atoms with van der Waals surface area (Å²) in [6.07, 6.45) is 7.14. The van der Waals surface area contributed by atoms with Crippen molar-refractivity contribution in [2.24, 2.45) is 11.8 Å². The SMILES string of the molecule is CCCCCCN1CC[C@](C)(c2ccc(C(=O)C(C)CC)c(O)c2)[C@@H](C)C1. The maximum absolute atomic E-state index is 12.5. The molecule has 1 aromatic rings. The Labute approximate surface area is 166 Å². The number of carbonyl (C=O) groups is 1. The number of hydrogen-bond acceptors (Lipinski definition) is 3. The van der Waals surface area contributed by atoms with Crippen LogP contribution in [0.15, 0.2) is 18.2 Å². The molecule has 0 amide bonds. The van der Waals surface area contributed by atoms with Crippen LogP contribution in [0.25, 0.3) is 0 Å². The van der Waals surface area contributed by atoms with Crippen LogP contribution in [-0.4, -0.2) is 35.4 Å². The third-order valence-electron chi connectivity index (χ3n) is 6.88. The Morgan fingerprint density at radius 2 is 2.04 bits per heavy atom. The zero-order valence-corrected chi connectivity index (χ0v) is 18.1. The molecule has 3 nitrogen and oxygen atoms in total. The molecule has 1 aromatic carbocycles. The summed E-state index contributed by atoms with van der Waals surface area (Å²) in [6.45, 7) is 14.3. The summed E-state index contributed by atoms with van der Waals surface area (Å²) >= 11 is 0. The van der Waals surface area contributed by atoms with Crippen LogP contribution in [0, 0.1) is 11.8 Å². The van der Waals surface area contributed by atoms with Crippen LogP contribution in [0.1, 0.15) is 89.1 Å². The molecule has 0 saturated carbocycles. The van der Waals surface area contributed by atoms with Gasteiger partial charge in [0.15, 0.2) is 5.78 Å². The first-order chi connectivity index (χ1) is 12.8. The van der Waals surface area contributed by atoms with E-state index in [9.17, 15) is 9.90 Å². The van der Waals surface area contributed by atoms with Crippen LogP contribution < -0.4 is 0 Å². The first-order valence-electron chi connectivity index (χ1n) is 10.9. The van der Waals surface area contributed by atoms with Gasteiger partial charge < -0.3 is 10.0 Å². The molecule has 3 atom stereocenters. The van der Waals surface area contributed by atoms with Gasteiger partial charge in [-0.05, 0) is 61.4 Å². The normalized spacial score (nSPS) is 24.7. The number of Topliss-reactive ketones (excluding diaryl/α,β-unsaturated/α-hetero) is 1. The van der Waals surface area contributed by atoms with Crippen molar-refractivity contribution in [3.63, 3.8) is 0 Å². The number of phenolic OH excluding ortho intramolecular Hbond substituents is 1. The Kier molecular flexibility index (Phi) is 7.91. The molecule has 1 fully saturated rings. The van der Waals surface area contributed by atoms with E-state index >= 15 is 0 Å². The third-order valence-corrected chi connectivity index (χ3v) is 6.88. The minimum atomic E-state index is -0.0489. The topological polar surface area (TPSA) is 40.5 Å². The molecule has 0 spiro atoms. The van der Waals surface area contributed by atoms with E-state index in [2.05, 4.69) is 31.7 Å². The summed E-state index contributed by atoms with van der Waals surface area (Å²) in [5.74, 6) is 0.662. The zero-order chi connectivity index (χ0) is 20.0. The van der Waals surface area contributed by atoms with E-state index in [1.165, 1.54) is 37.8 Å². The van der Waals surface area contributed by atoms with Gasteiger partial charge in [-0.1, -0.05) is 59.9 Å². The van der Waals surface area contributed by atoms with Crippen molar-refractivity contribution in [2.75, 3.05) is 19.6 Å². The van der Waals surface area contributed by atoms with Crippen LogP contribution in [0.2, 0.25) is 0 Å². The summed E-state index contributed by atoms with van der Waals surface area (Å²) in [7, 11) is 0. The highest BCUT2D eigenvalue weighted by Gasteiger charge is 2.38. The largest absolute Gasteiger partial charge is 0.507 e. The lowest BCUT2D eigenvalue weighted by Crippen LogP contribution is -2.47. The van der Waals surface area contributed by atoms with Gasteiger partial charge in [0.05, 0.1) is 5.56 Å². The van der Waals surface area contributed by atoms with Crippen molar-refractivity contribution in [3.05, 3.63) is 29.3 Å². The number of nitrogens with zero attached hydrogens (tertiary/aromatic N) is 1. The van der Waals surface area contributed by atoms with Crippen molar-refractivity contribution in [3.8, 4) is 5.75 Å². The number of hydrogen-bond donors (Lipinski definition) is 1. The monoisotopic (exact) mass is 373 g/mol. The van der Waals surface area contributed by atoms with Gasteiger partial charge in [0.2, 0.25) is 0 Å². The van der Waals surface area contributed by atoms with Gasteiger partial charge >= 0.3 is 0 Å². The molecule has 1 aliphatic heterocycles. The van der Waals surface area contributed by atoms with Gasteiger partial charge in [-0.2, -0.15) is 0 Å². The zero-order valence-electron chi connectivity index (χ0n) is 18.1. The molecule has 1 aliphatic rings. The predicted octanol–water partition coefficient (Wildman–Crippen LogP) is 5.80. The molecular weight excluding hydrogens is 334 g/mol. The Balaban J connectivity index is 2.07. The highest BCUT2D eigenvalue weighted by atomic mass is 16.3. The lowest BCUT2D eigenvalue weighted by molar-refractivity contribution is 0.0924. The Morgan fingerprint density at radius 3 is 2.63 bits per heavy atom. The maximum atomic E-state index is 12.5. The van der Waals surface area contributed by atoms with Crippen molar-refractivity contribution in [1.29, 1.82) is 0 Å². The van der Waals surface area contributed by atoms with E-state index in [4.69, 9.17) is 0 Å². The van der Waals surface area contributed by atoms with Crippen molar-refractivity contribution < 1.29 is 9.90 Å². The lowest BCUT2D eigenvalue weighted by atomic mass is 9.67. The van der Waals surface area contributed by atoms with E-state index in [0.29, 0.717) is 11.5 Å². The second-order valence-electron chi connectivity index (χ2n) is 8.84. The summed E-state index contributed by atoms with van der Waals surface area (Å²) in [5, 5.41) is 10.5. The molecule has 1 heterocycles. The van der Waals surface area contributed by atoms with Gasteiger partial charge in [-0.3, -0.25) is 4.79 Å². The van der Waals surface area contributed by atoms with Crippen molar-refractivity contribution in [1.82, 2.24) is 4.90 Å². The van der Waals surface area contributed by atoms with E-state index in [1.54, 1.807) is 0 Å². The third kappa shape index (κ3) is 5.13. The van der Waals surface area contributed by atoms with Gasteiger partial charge in [0.25, 0.3) is 0 Å². The number of unbranched alkanes of at least 4 members (excludes halogenated alkanes) is 3. The molecule has 27 heavy (non-hydrogen) atoms. The molecular formula is C24H39NO2. The van der Waals surface area contributed by atoms with Gasteiger partial charge in [-0.15, -0.1) is 0 Å². The molecule has 1 saturated heterocycles. The number of piperidine rings is 1. The van der Waals surface area contributed by atoms with Crippen LogP contribution >= 0.6 is 0 Å². The highest BCUT2D eigenvalue weighted by Crippen LogP contribution is 2.41. The molecule has 2 rings (SSSR count). The highest BCUT2D eigenvalue weighted by molar-refractivity contribution is 6.00. The first-order valence-corrected chi connectivity index (χ1v) is 10.9. The van der Waals surface area contributed by atoms with Crippen LogP contribution in [-0.2, 0) is 5.41 Å². The second kappa shape index (κ2) is 9.73. The molecule has 1 unspecified atom stereocenters. The average molecular weight is 374 g/mol. The number of rotatable bonds is 9. The van der Waals surface area contributed by atoms with Gasteiger partial charge in [0, 0.05) is 12.5 Å². The fourth-order valence-electron chi connectivity index (χ4n) is 4.26. The Hall–Kier alpha value is -1.35. The van der Waals surface area contributed by atoms with Gasteiger partial charge in [-0.25, -0.2) is 0 Å². The minimum Gasteiger partial charge on any atom is -0.507 e. The van der Waals surface area contributed by atoms with E-state index < -0.39 is 0 Å². The summed E-state index contributed by atoms with van der Waals surface area (Å²) in [5.41, 5.74) is 1.69. The number of carbonyl (C=O) groups excluding carboxylic acids is 1. The Morgan fingerprint density at radius 1 is 1.30 bits per heavy atom. The summed E-state index contributed by atoms with van der Waals surface area (Å²) in [4.78, 5) is 15.1. The Bertz CT molecular complexity index is 627. The van der Waals surface area contributed by atoms with E-state index in [0.717, 1.165) is 25.9 Å². The molecule has 1 N–H and O–H groups in total. The fraction of sp³-hybridized carbons (Fsp3) is 0.708. The average Bonchev–Trinajstić information content (AvgIpc) is 2.66. The number of benzene rings is 1. The molecule has 3 heteroatoms. The quantitative estimate of drug-likeness (QED) is 0.439. The molecule has 0 aliphatic carbocycles. The van der Waals surface area contributed by atoms with Crippen molar-refractivity contribution >= 4 is 5.78 Å². The number of ketones is 1. The van der Waals surface area contributed by atoms with Gasteiger partial charge in [0.1, 0.15) is 5.75 Å². The lowest BCUT2D eigenvalue weighted by Gasteiger charge is -2.45. The smallest absolute Gasteiger partial charge is 0.169 e. The predicted molar refractivity (Wildman–Crippen MR) is 114 cm³/mol. The summed E-state index contributed by atoms with van der Waals surface area (Å²) < 4.78 is 0. The number of phenols is 1. The standard InChI is InChI=1S/C24H39NO2/c1-6-8-9-10-14-25-15-13-24(5,19(4)17-25)20-11-12-21(22(26)16-20)23(27)18(3)7-2/h11-12,16,18-19,26H,6-10,13-15,17H2,1-5H3/t18?,19-,24-/m0/s1. The first kappa shape index (κ1) is 21.9. The van der Waals surface area contributed by atoms with Crippen LogP contribution in [0.4, 0.5) is 0 Å². The van der Waals surface area contributed by atoms with E-state index in [1.807, 2.05) is 26.0 Å².